The van der Waals surface area contributed by atoms with Crippen LogP contribution in [0.4, 0.5) is 5.69 Å². The zero-order valence-corrected chi connectivity index (χ0v) is 15.7. The minimum atomic E-state index is -1.20. The van der Waals surface area contributed by atoms with Crippen LogP contribution in [0.1, 0.15) is 12.2 Å². The van der Waals surface area contributed by atoms with Gasteiger partial charge in [0.15, 0.2) is 0 Å². The highest BCUT2D eigenvalue weighted by molar-refractivity contribution is 6.76. The average molecular weight is 365 g/mol. The maximum Gasteiger partial charge on any atom is 0.303 e. The highest BCUT2D eigenvalue weighted by atomic mass is 28.3. The van der Waals surface area contributed by atoms with Gasteiger partial charge in [-0.2, -0.15) is 0 Å². The van der Waals surface area contributed by atoms with Crippen LogP contribution in [0.5, 0.6) is 0 Å². The van der Waals surface area contributed by atoms with Gasteiger partial charge < -0.3 is 14.4 Å². The molecule has 25 heavy (non-hydrogen) atoms. The monoisotopic (exact) mass is 365 g/mol. The van der Waals surface area contributed by atoms with Crippen LogP contribution in [-0.2, 0) is 22.7 Å². The Morgan fingerprint density at radius 2 is 2.12 bits per heavy atom. The number of non-ortho nitro benzene ring substituents is 1. The maximum absolute atomic E-state index is 10.9. The third-order valence-electron chi connectivity index (χ3n) is 3.80. The number of aliphatic carboxylic acids is 1. The number of carboxylic acids is 1. The Morgan fingerprint density at radius 1 is 1.40 bits per heavy atom. The van der Waals surface area contributed by atoms with Gasteiger partial charge in [-0.25, -0.2) is 4.98 Å². The Balaban J connectivity index is 2.24. The maximum atomic E-state index is 10.9. The van der Waals surface area contributed by atoms with Crippen LogP contribution in [-0.4, -0.2) is 40.2 Å². The van der Waals surface area contributed by atoms with E-state index in [-0.39, 0.29) is 25.3 Å². The number of rotatable bonds is 9. The average Bonchev–Trinajstić information content (AvgIpc) is 2.85. The number of hydrogen-bond acceptors (Lipinski definition) is 5. The summed E-state index contributed by atoms with van der Waals surface area (Å²) in [6.45, 7) is 7.68. The summed E-state index contributed by atoms with van der Waals surface area (Å²) in [5.41, 5.74) is 1.14. The van der Waals surface area contributed by atoms with Gasteiger partial charge in [0.05, 0.1) is 22.4 Å². The third-order valence-corrected chi connectivity index (χ3v) is 5.51. The van der Waals surface area contributed by atoms with Gasteiger partial charge in [0, 0.05) is 33.2 Å². The van der Waals surface area contributed by atoms with Crippen molar-refractivity contribution in [3.05, 3.63) is 34.1 Å². The van der Waals surface area contributed by atoms with Crippen molar-refractivity contribution in [1.29, 1.82) is 0 Å². The molecule has 0 fully saturated rings. The molecule has 0 radical (unpaired) electrons. The molecule has 0 aliphatic rings. The van der Waals surface area contributed by atoms with Crippen LogP contribution in [0.25, 0.3) is 11.0 Å². The summed E-state index contributed by atoms with van der Waals surface area (Å²) in [4.78, 5) is 25.7. The van der Waals surface area contributed by atoms with Gasteiger partial charge >= 0.3 is 5.97 Å². The Hall–Kier alpha value is -2.26. The molecule has 136 valence electrons. The van der Waals surface area contributed by atoms with Crippen molar-refractivity contribution in [2.24, 2.45) is 0 Å². The van der Waals surface area contributed by atoms with E-state index >= 15 is 0 Å². The third kappa shape index (κ3) is 5.36. The van der Waals surface area contributed by atoms with E-state index < -0.39 is 19.0 Å². The molecule has 9 heteroatoms. The fourth-order valence-electron chi connectivity index (χ4n) is 2.37. The van der Waals surface area contributed by atoms with Crippen molar-refractivity contribution in [1.82, 2.24) is 9.55 Å². The van der Waals surface area contributed by atoms with Crippen LogP contribution in [0.2, 0.25) is 25.7 Å². The number of carbonyl (C=O) groups is 1. The van der Waals surface area contributed by atoms with Crippen LogP contribution in [0, 0.1) is 10.1 Å². The van der Waals surface area contributed by atoms with Gasteiger partial charge in [-0.3, -0.25) is 14.9 Å². The van der Waals surface area contributed by atoms with E-state index in [0.29, 0.717) is 23.5 Å². The van der Waals surface area contributed by atoms with E-state index in [4.69, 9.17) is 9.84 Å². The van der Waals surface area contributed by atoms with Gasteiger partial charge in [-0.05, 0) is 12.1 Å². The number of fused-ring (bicyclic) bond motifs is 1. The minimum absolute atomic E-state index is 0.0402. The van der Waals surface area contributed by atoms with E-state index in [0.717, 1.165) is 6.04 Å². The predicted octanol–water partition coefficient (Wildman–Crippen LogP) is 3.27. The first-order valence-electron chi connectivity index (χ1n) is 8.10. The fourth-order valence-corrected chi connectivity index (χ4v) is 3.13. The lowest BCUT2D eigenvalue weighted by molar-refractivity contribution is -0.384. The van der Waals surface area contributed by atoms with Crippen molar-refractivity contribution in [3.63, 3.8) is 0 Å². The molecule has 0 amide bonds. The highest BCUT2D eigenvalue weighted by Gasteiger charge is 2.16. The number of aromatic nitrogens is 2. The molecule has 0 saturated carbocycles. The number of nitro groups is 1. The molecule has 1 aromatic carbocycles. The number of hydrogen-bond donors (Lipinski definition) is 1. The molecule has 1 aromatic heterocycles. The quantitative estimate of drug-likeness (QED) is 0.316. The summed E-state index contributed by atoms with van der Waals surface area (Å²) >= 11 is 0. The Bertz CT molecular complexity index is 782. The predicted molar refractivity (Wildman–Crippen MR) is 96.4 cm³/mol. The number of ether oxygens (including phenoxy) is 1. The SMILES string of the molecule is C[Si](C)(C)CCOCn1c(CCC(=O)O)nc2cc([N+](=O)[O-])ccc21. The summed E-state index contributed by atoms with van der Waals surface area (Å²) in [6, 6.07) is 5.48. The molecule has 8 nitrogen and oxygen atoms in total. The van der Waals surface area contributed by atoms with Crippen molar-refractivity contribution in [2.45, 2.75) is 45.3 Å². The summed E-state index contributed by atoms with van der Waals surface area (Å²) in [5, 5.41) is 19.8. The molecule has 2 rings (SSSR count). The van der Waals surface area contributed by atoms with E-state index in [1.54, 1.807) is 10.6 Å². The van der Waals surface area contributed by atoms with Crippen molar-refractivity contribution >= 4 is 30.8 Å². The molecule has 0 atom stereocenters. The summed E-state index contributed by atoms with van der Waals surface area (Å²) in [6.07, 6.45) is 0.190. The van der Waals surface area contributed by atoms with Gasteiger partial charge in [-0.15, -0.1) is 0 Å². The molecule has 0 spiro atoms. The number of nitro benzene ring substituents is 1. The first-order valence-corrected chi connectivity index (χ1v) is 11.8. The number of nitrogens with zero attached hydrogens (tertiary/aromatic N) is 3. The van der Waals surface area contributed by atoms with E-state index in [2.05, 4.69) is 24.6 Å². The van der Waals surface area contributed by atoms with E-state index in [9.17, 15) is 14.9 Å². The second-order valence-corrected chi connectivity index (χ2v) is 12.7. The van der Waals surface area contributed by atoms with E-state index in [1.807, 2.05) is 0 Å². The second-order valence-electron chi connectivity index (χ2n) is 7.13. The molecule has 0 unspecified atom stereocenters. The van der Waals surface area contributed by atoms with Gasteiger partial charge in [-0.1, -0.05) is 19.6 Å². The van der Waals surface area contributed by atoms with Crippen molar-refractivity contribution in [2.75, 3.05) is 6.61 Å². The van der Waals surface area contributed by atoms with Gasteiger partial charge in [0.1, 0.15) is 12.6 Å². The number of benzene rings is 1. The molecule has 0 aliphatic carbocycles. The molecule has 0 aliphatic heterocycles. The standard InChI is InChI=1S/C16H23N3O5Si/c1-25(2,3)9-8-24-11-18-14-5-4-12(19(22)23)10-13(14)17-15(18)6-7-16(20)21/h4-5,10H,6-9,11H2,1-3H3,(H,20,21). The van der Waals surface area contributed by atoms with Gasteiger partial charge in [0.2, 0.25) is 0 Å². The summed E-state index contributed by atoms with van der Waals surface area (Å²) < 4.78 is 7.56. The van der Waals surface area contributed by atoms with Crippen molar-refractivity contribution < 1.29 is 19.6 Å². The van der Waals surface area contributed by atoms with Crippen LogP contribution in [0.15, 0.2) is 18.2 Å². The fraction of sp³-hybridized carbons (Fsp3) is 0.500. The van der Waals surface area contributed by atoms with Gasteiger partial charge in [0.25, 0.3) is 5.69 Å². The number of carboxylic acid groups (broad SMARTS) is 1. The number of imidazole rings is 1. The normalized spacial score (nSPS) is 11.8. The Morgan fingerprint density at radius 3 is 2.72 bits per heavy atom. The Labute approximate surface area is 146 Å². The van der Waals surface area contributed by atoms with Crippen LogP contribution >= 0.6 is 0 Å². The lowest BCUT2D eigenvalue weighted by atomic mass is 10.3. The molecule has 0 saturated heterocycles. The van der Waals surface area contributed by atoms with Crippen LogP contribution in [0.3, 0.4) is 0 Å². The first kappa shape index (κ1) is 19.1. The lowest BCUT2D eigenvalue weighted by Gasteiger charge is -2.16. The number of aryl methyl sites for hydroxylation is 1. The largest absolute Gasteiger partial charge is 0.481 e. The zero-order valence-electron chi connectivity index (χ0n) is 14.7. The molecular formula is C16H23N3O5Si. The zero-order chi connectivity index (χ0) is 18.6. The molecule has 1 N–H and O–H groups in total. The van der Waals surface area contributed by atoms with E-state index in [1.165, 1.54) is 12.1 Å². The lowest BCUT2D eigenvalue weighted by Crippen LogP contribution is -2.22. The summed E-state index contributed by atoms with van der Waals surface area (Å²) in [5.74, 6) is -0.352. The van der Waals surface area contributed by atoms with Crippen molar-refractivity contribution in [3.8, 4) is 0 Å². The first-order chi connectivity index (χ1) is 11.7. The highest BCUT2D eigenvalue weighted by Crippen LogP contribution is 2.23. The molecule has 1 heterocycles. The molecular weight excluding hydrogens is 342 g/mol. The summed E-state index contributed by atoms with van der Waals surface area (Å²) in [7, 11) is -1.20. The molecule has 2 aromatic rings. The second kappa shape index (κ2) is 7.75. The molecule has 0 bridgehead atoms. The minimum Gasteiger partial charge on any atom is -0.481 e. The topological polar surface area (TPSA) is 107 Å². The Kier molecular flexibility index (Phi) is 5.91. The smallest absolute Gasteiger partial charge is 0.303 e. The van der Waals surface area contributed by atoms with Crippen LogP contribution < -0.4 is 0 Å².